The summed E-state index contributed by atoms with van der Waals surface area (Å²) in [4.78, 5) is 0. The average Bonchev–Trinajstić information content (AvgIpc) is 2.16. The maximum absolute atomic E-state index is 12.8. The zero-order valence-electron chi connectivity index (χ0n) is 7.13. The Balaban J connectivity index is 2.52. The van der Waals surface area contributed by atoms with Crippen LogP contribution in [-0.4, -0.2) is 10.9 Å². The molecule has 1 aliphatic carbocycles. The molecule has 0 unspecified atom stereocenters. The number of hydrogen-bond donors (Lipinski definition) is 1. The highest BCUT2D eigenvalue weighted by Crippen LogP contribution is 2.22. The monoisotopic (exact) mass is 179 g/mol. The van der Waals surface area contributed by atoms with Gasteiger partial charge in [0, 0.05) is 5.56 Å². The van der Waals surface area contributed by atoms with Crippen molar-refractivity contribution in [3.05, 3.63) is 35.1 Å². The van der Waals surface area contributed by atoms with Gasteiger partial charge in [0.15, 0.2) is 0 Å². The quantitative estimate of drug-likeness (QED) is 0.481. The number of aryl methyl sites for hydroxylation is 1. The first-order chi connectivity index (χ1) is 6.31. The molecule has 1 aromatic rings. The van der Waals surface area contributed by atoms with Gasteiger partial charge in [-0.25, -0.2) is 4.39 Å². The van der Waals surface area contributed by atoms with Gasteiger partial charge >= 0.3 is 0 Å². The predicted molar refractivity (Wildman–Crippen MR) is 47.7 cm³/mol. The molecule has 0 aliphatic heterocycles. The molecule has 0 radical (unpaired) electrons. The number of hydrogen-bond acceptors (Lipinski definition) is 2. The minimum Gasteiger partial charge on any atom is -0.411 e. The molecule has 3 heteroatoms. The average molecular weight is 179 g/mol. The number of oxime groups is 1. The lowest BCUT2D eigenvalue weighted by molar-refractivity contribution is 0.317. The summed E-state index contributed by atoms with van der Waals surface area (Å²) in [6.07, 6.45) is 2.57. The van der Waals surface area contributed by atoms with Gasteiger partial charge in [-0.05, 0) is 43.0 Å². The summed E-state index contributed by atoms with van der Waals surface area (Å²) in [5, 5.41) is 11.9. The topological polar surface area (TPSA) is 32.6 Å². The molecule has 1 aliphatic rings. The fraction of sp³-hybridized carbons (Fsp3) is 0.300. The zero-order valence-corrected chi connectivity index (χ0v) is 7.13. The molecule has 1 N–H and O–H groups in total. The minimum absolute atomic E-state index is 0.224. The minimum atomic E-state index is -0.224. The van der Waals surface area contributed by atoms with Gasteiger partial charge in [-0.3, -0.25) is 0 Å². The molecule has 1 aromatic carbocycles. The van der Waals surface area contributed by atoms with E-state index in [0.717, 1.165) is 30.4 Å². The van der Waals surface area contributed by atoms with Gasteiger partial charge in [-0.15, -0.1) is 0 Å². The molecule has 0 heterocycles. The molecule has 0 amide bonds. The molecule has 2 nitrogen and oxygen atoms in total. The van der Waals surface area contributed by atoms with Crippen LogP contribution >= 0.6 is 0 Å². The van der Waals surface area contributed by atoms with E-state index in [4.69, 9.17) is 5.21 Å². The normalized spacial score (nSPS) is 18.7. The van der Waals surface area contributed by atoms with E-state index in [1.54, 1.807) is 6.07 Å². The Morgan fingerprint density at radius 2 is 2.15 bits per heavy atom. The van der Waals surface area contributed by atoms with Crippen molar-refractivity contribution in [2.75, 3.05) is 0 Å². The third-order valence-electron chi connectivity index (χ3n) is 2.36. The first-order valence-corrected chi connectivity index (χ1v) is 4.31. The van der Waals surface area contributed by atoms with Gasteiger partial charge in [0.2, 0.25) is 0 Å². The second kappa shape index (κ2) is 3.17. The van der Waals surface area contributed by atoms with Crippen molar-refractivity contribution >= 4 is 5.71 Å². The van der Waals surface area contributed by atoms with Crippen molar-refractivity contribution in [1.82, 2.24) is 0 Å². The van der Waals surface area contributed by atoms with Crippen LogP contribution in [0.4, 0.5) is 4.39 Å². The molecule has 0 atom stereocenters. The highest BCUT2D eigenvalue weighted by Gasteiger charge is 2.15. The molecule has 0 spiro atoms. The van der Waals surface area contributed by atoms with Crippen LogP contribution < -0.4 is 0 Å². The van der Waals surface area contributed by atoms with Gasteiger partial charge in [0.1, 0.15) is 5.82 Å². The maximum atomic E-state index is 12.8. The summed E-state index contributed by atoms with van der Waals surface area (Å²) < 4.78 is 12.8. The smallest absolute Gasteiger partial charge is 0.123 e. The first-order valence-electron chi connectivity index (χ1n) is 4.31. The van der Waals surface area contributed by atoms with E-state index in [1.165, 1.54) is 12.1 Å². The van der Waals surface area contributed by atoms with Crippen LogP contribution in [0.2, 0.25) is 0 Å². The van der Waals surface area contributed by atoms with Gasteiger partial charge in [-0.2, -0.15) is 0 Å². The van der Waals surface area contributed by atoms with E-state index >= 15 is 0 Å². The maximum Gasteiger partial charge on any atom is 0.123 e. The molecule has 0 aromatic heterocycles. The predicted octanol–water partition coefficient (Wildman–Crippen LogP) is 2.34. The SMILES string of the molecule is O/N=C1/CCCc2cc(F)ccc21. The third kappa shape index (κ3) is 1.41. The van der Waals surface area contributed by atoms with Crippen LogP contribution in [-0.2, 0) is 6.42 Å². The lowest BCUT2D eigenvalue weighted by Crippen LogP contribution is -2.11. The molecule has 0 saturated carbocycles. The summed E-state index contributed by atoms with van der Waals surface area (Å²) in [6, 6.07) is 4.59. The summed E-state index contributed by atoms with van der Waals surface area (Å²) in [6.45, 7) is 0. The van der Waals surface area contributed by atoms with Gasteiger partial charge in [0.25, 0.3) is 0 Å². The Morgan fingerprint density at radius 1 is 1.31 bits per heavy atom. The van der Waals surface area contributed by atoms with E-state index < -0.39 is 0 Å². The lowest BCUT2D eigenvalue weighted by atomic mass is 9.90. The first kappa shape index (κ1) is 8.23. The molecule has 0 fully saturated rings. The second-order valence-electron chi connectivity index (χ2n) is 3.20. The second-order valence-corrected chi connectivity index (χ2v) is 3.20. The van der Waals surface area contributed by atoms with Crippen LogP contribution in [0.15, 0.2) is 23.4 Å². The molecule has 2 rings (SSSR count). The van der Waals surface area contributed by atoms with E-state index in [-0.39, 0.29) is 5.82 Å². The number of benzene rings is 1. The van der Waals surface area contributed by atoms with E-state index in [1.807, 2.05) is 0 Å². The van der Waals surface area contributed by atoms with Gasteiger partial charge < -0.3 is 5.21 Å². The standard InChI is InChI=1S/C10H10FNO/c11-8-4-5-9-7(6-8)2-1-3-10(9)12-13/h4-6,13H,1-3H2/b12-10-. The van der Waals surface area contributed by atoms with Gasteiger partial charge in [-0.1, -0.05) is 5.16 Å². The Morgan fingerprint density at radius 3 is 2.92 bits per heavy atom. The van der Waals surface area contributed by atoms with E-state index in [0.29, 0.717) is 5.71 Å². The highest BCUT2D eigenvalue weighted by molar-refractivity contribution is 6.02. The van der Waals surface area contributed by atoms with Crippen LogP contribution in [0.25, 0.3) is 0 Å². The van der Waals surface area contributed by atoms with Crippen molar-refractivity contribution in [2.45, 2.75) is 19.3 Å². The number of halogens is 1. The van der Waals surface area contributed by atoms with Gasteiger partial charge in [0.05, 0.1) is 5.71 Å². The van der Waals surface area contributed by atoms with Crippen LogP contribution in [0.1, 0.15) is 24.0 Å². The highest BCUT2D eigenvalue weighted by atomic mass is 19.1. The zero-order chi connectivity index (χ0) is 9.26. The fourth-order valence-corrected chi connectivity index (χ4v) is 1.74. The molecular formula is C10H10FNO. The number of rotatable bonds is 0. The van der Waals surface area contributed by atoms with Crippen molar-refractivity contribution < 1.29 is 9.60 Å². The lowest BCUT2D eigenvalue weighted by Gasteiger charge is -2.16. The van der Waals surface area contributed by atoms with Crippen LogP contribution in [0.5, 0.6) is 0 Å². The molecule has 13 heavy (non-hydrogen) atoms. The summed E-state index contributed by atoms with van der Waals surface area (Å²) in [7, 11) is 0. The number of nitrogens with zero attached hydrogens (tertiary/aromatic N) is 1. The van der Waals surface area contributed by atoms with E-state index in [2.05, 4.69) is 5.16 Å². The van der Waals surface area contributed by atoms with E-state index in [9.17, 15) is 4.39 Å². The molecule has 0 bridgehead atoms. The number of fused-ring (bicyclic) bond motifs is 1. The summed E-state index contributed by atoms with van der Waals surface area (Å²) in [5.74, 6) is -0.224. The summed E-state index contributed by atoms with van der Waals surface area (Å²) in [5.41, 5.74) is 2.50. The Bertz CT molecular complexity index is 360. The van der Waals surface area contributed by atoms with Crippen molar-refractivity contribution in [3.63, 3.8) is 0 Å². The Kier molecular flexibility index (Phi) is 2.00. The van der Waals surface area contributed by atoms with Crippen LogP contribution in [0, 0.1) is 5.82 Å². The summed E-state index contributed by atoms with van der Waals surface area (Å²) >= 11 is 0. The van der Waals surface area contributed by atoms with Crippen LogP contribution in [0.3, 0.4) is 0 Å². The van der Waals surface area contributed by atoms with Crippen molar-refractivity contribution in [1.29, 1.82) is 0 Å². The third-order valence-corrected chi connectivity index (χ3v) is 2.36. The Hall–Kier alpha value is -1.38. The molecular weight excluding hydrogens is 169 g/mol. The largest absolute Gasteiger partial charge is 0.411 e. The fourth-order valence-electron chi connectivity index (χ4n) is 1.74. The Labute approximate surface area is 75.7 Å². The molecule has 0 saturated heterocycles. The van der Waals surface area contributed by atoms with Crippen molar-refractivity contribution in [2.24, 2.45) is 5.16 Å². The van der Waals surface area contributed by atoms with Crippen molar-refractivity contribution in [3.8, 4) is 0 Å². The molecule has 68 valence electrons.